The van der Waals surface area contributed by atoms with E-state index in [0.717, 1.165) is 10.9 Å². The molecule has 3 heterocycles. The van der Waals surface area contributed by atoms with Crippen molar-refractivity contribution in [1.29, 1.82) is 5.26 Å². The lowest BCUT2D eigenvalue weighted by molar-refractivity contribution is 0.174. The minimum absolute atomic E-state index is 0.00364. The Morgan fingerprint density at radius 3 is 2.79 bits per heavy atom. The third-order valence-corrected chi connectivity index (χ3v) is 5.19. The molecule has 2 N–H and O–H groups in total. The summed E-state index contributed by atoms with van der Waals surface area (Å²) in [6, 6.07) is 14.9. The van der Waals surface area contributed by atoms with Crippen molar-refractivity contribution in [3.8, 4) is 23.3 Å². The fourth-order valence-corrected chi connectivity index (χ4v) is 3.85. The molecule has 0 radical (unpaired) electrons. The second-order valence-corrected chi connectivity index (χ2v) is 6.66. The molecule has 28 heavy (non-hydrogen) atoms. The van der Waals surface area contributed by atoms with Gasteiger partial charge in [-0.3, -0.25) is 4.79 Å². The molecular formula is C21H15N3O4. The van der Waals surface area contributed by atoms with E-state index in [1.54, 1.807) is 23.7 Å². The van der Waals surface area contributed by atoms with Crippen molar-refractivity contribution in [2.45, 2.75) is 5.92 Å². The maximum absolute atomic E-state index is 13.3. The molecule has 0 saturated heterocycles. The number of allylic oxidation sites excluding steroid dienone is 1. The summed E-state index contributed by atoms with van der Waals surface area (Å²) in [5.41, 5.74) is 7.86. The van der Waals surface area contributed by atoms with E-state index in [-0.39, 0.29) is 23.8 Å². The van der Waals surface area contributed by atoms with Crippen molar-refractivity contribution < 1.29 is 14.2 Å². The third kappa shape index (κ3) is 2.12. The highest BCUT2D eigenvalue weighted by molar-refractivity contribution is 5.88. The first-order valence-electron chi connectivity index (χ1n) is 8.69. The van der Waals surface area contributed by atoms with Gasteiger partial charge in [0.05, 0.1) is 17.0 Å². The molecule has 1 atom stereocenters. The monoisotopic (exact) mass is 373 g/mol. The van der Waals surface area contributed by atoms with Crippen LogP contribution < -0.4 is 25.5 Å². The van der Waals surface area contributed by atoms with Crippen LogP contribution in [0.3, 0.4) is 0 Å². The number of nitriles is 1. The molecule has 7 nitrogen and oxygen atoms in total. The lowest BCUT2D eigenvalue weighted by Gasteiger charge is -2.27. The molecular weight excluding hydrogens is 358 g/mol. The van der Waals surface area contributed by atoms with E-state index in [0.29, 0.717) is 28.4 Å². The summed E-state index contributed by atoms with van der Waals surface area (Å²) in [5, 5.41) is 10.5. The molecule has 0 aliphatic carbocycles. The molecule has 1 unspecified atom stereocenters. The smallest absolute Gasteiger partial charge is 0.258 e. The maximum Gasteiger partial charge on any atom is 0.258 e. The number of fused-ring (bicyclic) bond motifs is 4. The molecule has 0 amide bonds. The molecule has 2 aromatic carbocycles. The number of nitrogens with two attached hydrogens (primary N) is 1. The minimum atomic E-state index is -0.661. The number of aromatic nitrogens is 1. The number of hydrogen-bond acceptors (Lipinski definition) is 6. The van der Waals surface area contributed by atoms with Crippen LogP contribution in [-0.4, -0.2) is 11.4 Å². The van der Waals surface area contributed by atoms with Gasteiger partial charge >= 0.3 is 0 Å². The number of para-hydroxylation sites is 1. The Hall–Kier alpha value is -3.92. The Balaban J connectivity index is 1.85. The number of aryl methyl sites for hydroxylation is 1. The SMILES string of the molecule is Cn1c(=O)c2c(c3ccccc31)OC(N)=C(C#N)C2c1ccc2c(c1)OCO2. The van der Waals surface area contributed by atoms with Gasteiger partial charge in [0.15, 0.2) is 11.5 Å². The topological polar surface area (TPSA) is 99.5 Å². The van der Waals surface area contributed by atoms with Crippen molar-refractivity contribution in [3.63, 3.8) is 0 Å². The van der Waals surface area contributed by atoms with E-state index in [2.05, 4.69) is 6.07 Å². The molecule has 2 aliphatic rings. The Morgan fingerprint density at radius 1 is 1.18 bits per heavy atom. The average Bonchev–Trinajstić information content (AvgIpc) is 3.19. The van der Waals surface area contributed by atoms with Gasteiger partial charge in [0.1, 0.15) is 17.4 Å². The van der Waals surface area contributed by atoms with E-state index in [9.17, 15) is 10.1 Å². The van der Waals surface area contributed by atoms with E-state index in [1.165, 1.54) is 0 Å². The van der Waals surface area contributed by atoms with Gasteiger partial charge in [0.2, 0.25) is 12.7 Å². The van der Waals surface area contributed by atoms with Gasteiger partial charge < -0.3 is 24.5 Å². The number of nitrogens with zero attached hydrogens (tertiary/aromatic N) is 2. The van der Waals surface area contributed by atoms with Crippen molar-refractivity contribution in [2.75, 3.05) is 6.79 Å². The van der Waals surface area contributed by atoms with E-state index in [4.69, 9.17) is 19.9 Å². The average molecular weight is 373 g/mol. The molecule has 2 aliphatic heterocycles. The number of ether oxygens (including phenoxy) is 3. The standard InChI is InChI=1S/C21H15N3O4/c1-24-14-5-3-2-4-12(14)19-18(21(24)25)17(13(9-22)20(23)28-19)11-6-7-15-16(8-11)27-10-26-15/h2-8,17H,10,23H2,1H3. The zero-order valence-corrected chi connectivity index (χ0v) is 14.9. The van der Waals surface area contributed by atoms with Gasteiger partial charge in [-0.2, -0.15) is 5.26 Å². The lowest BCUT2D eigenvalue weighted by Crippen LogP contribution is -2.31. The van der Waals surface area contributed by atoms with Gasteiger partial charge in [-0.15, -0.1) is 0 Å². The fourth-order valence-electron chi connectivity index (χ4n) is 3.85. The Morgan fingerprint density at radius 2 is 1.96 bits per heavy atom. The summed E-state index contributed by atoms with van der Waals surface area (Å²) in [7, 11) is 1.70. The summed E-state index contributed by atoms with van der Waals surface area (Å²) in [5.74, 6) is 0.914. The Kier molecular flexibility index (Phi) is 3.36. The molecule has 7 heteroatoms. The summed E-state index contributed by atoms with van der Waals surface area (Å²) in [6.07, 6.45) is 0. The van der Waals surface area contributed by atoms with Crippen LogP contribution in [0, 0.1) is 11.3 Å². The zero-order chi connectivity index (χ0) is 19.4. The van der Waals surface area contributed by atoms with Crippen molar-refractivity contribution in [1.82, 2.24) is 4.57 Å². The van der Waals surface area contributed by atoms with Crippen LogP contribution in [-0.2, 0) is 7.05 Å². The maximum atomic E-state index is 13.3. The quantitative estimate of drug-likeness (QED) is 0.703. The molecule has 3 aromatic rings. The molecule has 0 saturated carbocycles. The van der Waals surface area contributed by atoms with Gasteiger partial charge in [-0.05, 0) is 29.8 Å². The Labute approximate surface area is 159 Å². The van der Waals surface area contributed by atoms with Crippen LogP contribution in [0.4, 0.5) is 0 Å². The summed E-state index contributed by atoms with van der Waals surface area (Å²) in [4.78, 5) is 13.3. The zero-order valence-electron chi connectivity index (χ0n) is 14.9. The first-order chi connectivity index (χ1) is 13.6. The lowest BCUT2D eigenvalue weighted by atomic mass is 9.83. The van der Waals surface area contributed by atoms with Crippen LogP contribution >= 0.6 is 0 Å². The third-order valence-electron chi connectivity index (χ3n) is 5.19. The van der Waals surface area contributed by atoms with E-state index < -0.39 is 5.92 Å². The molecule has 1 aromatic heterocycles. The molecule has 0 fully saturated rings. The molecule has 0 bridgehead atoms. The normalized spacial score (nSPS) is 17.2. The minimum Gasteiger partial charge on any atom is -0.454 e. The van der Waals surface area contributed by atoms with Gasteiger partial charge in [0.25, 0.3) is 5.56 Å². The van der Waals surface area contributed by atoms with Crippen molar-refractivity contribution in [2.24, 2.45) is 12.8 Å². The Bertz CT molecular complexity index is 1280. The van der Waals surface area contributed by atoms with E-state index >= 15 is 0 Å². The van der Waals surface area contributed by atoms with Crippen LogP contribution in [0.15, 0.2) is 58.7 Å². The van der Waals surface area contributed by atoms with Crippen LogP contribution in [0.2, 0.25) is 0 Å². The van der Waals surface area contributed by atoms with Gasteiger partial charge in [0, 0.05) is 12.4 Å². The van der Waals surface area contributed by atoms with Gasteiger partial charge in [-0.25, -0.2) is 0 Å². The first kappa shape index (κ1) is 16.3. The van der Waals surface area contributed by atoms with Crippen LogP contribution in [0.1, 0.15) is 17.0 Å². The van der Waals surface area contributed by atoms with Crippen molar-refractivity contribution >= 4 is 10.9 Å². The number of pyridine rings is 1. The van der Waals surface area contributed by atoms with E-state index in [1.807, 2.05) is 30.3 Å². The summed E-state index contributed by atoms with van der Waals surface area (Å²) < 4.78 is 18.2. The highest BCUT2D eigenvalue weighted by Gasteiger charge is 2.35. The largest absolute Gasteiger partial charge is 0.454 e. The number of rotatable bonds is 1. The predicted molar refractivity (Wildman–Crippen MR) is 101 cm³/mol. The number of benzene rings is 2. The van der Waals surface area contributed by atoms with Crippen molar-refractivity contribution in [3.05, 3.63) is 75.4 Å². The van der Waals surface area contributed by atoms with Crippen LogP contribution in [0.5, 0.6) is 17.2 Å². The highest BCUT2D eigenvalue weighted by Crippen LogP contribution is 2.45. The molecule has 0 spiro atoms. The second kappa shape index (κ2) is 5.79. The number of hydrogen-bond donors (Lipinski definition) is 1. The highest BCUT2D eigenvalue weighted by atomic mass is 16.7. The predicted octanol–water partition coefficient (Wildman–Crippen LogP) is 2.49. The molecule has 5 rings (SSSR count). The van der Waals surface area contributed by atoms with Crippen LogP contribution in [0.25, 0.3) is 10.9 Å². The summed E-state index contributed by atoms with van der Waals surface area (Å²) in [6.45, 7) is 0.138. The first-order valence-corrected chi connectivity index (χ1v) is 8.69. The second-order valence-electron chi connectivity index (χ2n) is 6.66. The molecule has 138 valence electrons. The summed E-state index contributed by atoms with van der Waals surface area (Å²) >= 11 is 0. The van der Waals surface area contributed by atoms with Gasteiger partial charge in [-0.1, -0.05) is 18.2 Å². The fraction of sp³-hybridized carbons (Fsp3) is 0.143.